The standard InChI is InChI=1S/C22H23N3O4/c1-3-9-15(2)23-19(26)14-29-22(28)20-17-12-7-8-13-18(17)21(27)25(24-20)16-10-5-4-6-11-16/h4-8,10-13,15H,3,9,14H2,1-2H3,(H,23,26)/t15-/m1/s1. The summed E-state index contributed by atoms with van der Waals surface area (Å²) >= 11 is 0. The van der Waals surface area contributed by atoms with E-state index in [1.54, 1.807) is 48.5 Å². The monoisotopic (exact) mass is 393 g/mol. The highest BCUT2D eigenvalue weighted by molar-refractivity contribution is 6.02. The molecule has 0 fully saturated rings. The normalized spacial score (nSPS) is 11.8. The van der Waals surface area contributed by atoms with E-state index in [1.807, 2.05) is 19.9 Å². The molecule has 7 heteroatoms. The SMILES string of the molecule is CCC[C@@H](C)NC(=O)COC(=O)c1nn(-c2ccccc2)c(=O)c2ccccc12. The summed E-state index contributed by atoms with van der Waals surface area (Å²) in [4.78, 5) is 37.5. The Labute approximate surface area is 168 Å². The van der Waals surface area contributed by atoms with Gasteiger partial charge in [-0.2, -0.15) is 9.78 Å². The van der Waals surface area contributed by atoms with Crippen LogP contribution < -0.4 is 10.9 Å². The first-order valence-corrected chi connectivity index (χ1v) is 9.55. The van der Waals surface area contributed by atoms with E-state index in [-0.39, 0.29) is 23.2 Å². The van der Waals surface area contributed by atoms with E-state index < -0.39 is 12.6 Å². The molecule has 7 nitrogen and oxygen atoms in total. The molecule has 3 aromatic rings. The number of rotatable bonds is 7. The fourth-order valence-electron chi connectivity index (χ4n) is 3.11. The van der Waals surface area contributed by atoms with Crippen molar-refractivity contribution >= 4 is 22.6 Å². The van der Waals surface area contributed by atoms with Gasteiger partial charge in [-0.25, -0.2) is 4.79 Å². The lowest BCUT2D eigenvalue weighted by Gasteiger charge is -2.13. The van der Waals surface area contributed by atoms with E-state index >= 15 is 0 Å². The van der Waals surface area contributed by atoms with Crippen molar-refractivity contribution in [2.45, 2.75) is 32.7 Å². The molecular weight excluding hydrogens is 370 g/mol. The maximum Gasteiger partial charge on any atom is 0.359 e. The van der Waals surface area contributed by atoms with Crippen molar-refractivity contribution in [1.29, 1.82) is 0 Å². The predicted octanol–water partition coefficient (Wildman–Crippen LogP) is 2.85. The van der Waals surface area contributed by atoms with Gasteiger partial charge in [-0.3, -0.25) is 9.59 Å². The van der Waals surface area contributed by atoms with Gasteiger partial charge in [0.25, 0.3) is 11.5 Å². The number of para-hydroxylation sites is 1. The molecular formula is C22H23N3O4. The van der Waals surface area contributed by atoms with Crippen LogP contribution in [0.1, 0.15) is 37.2 Å². The van der Waals surface area contributed by atoms with Gasteiger partial charge in [0, 0.05) is 11.4 Å². The van der Waals surface area contributed by atoms with Crippen LogP contribution in [0.5, 0.6) is 0 Å². The van der Waals surface area contributed by atoms with Crippen LogP contribution in [0.15, 0.2) is 59.4 Å². The molecule has 0 bridgehead atoms. The number of hydrogen-bond donors (Lipinski definition) is 1. The topological polar surface area (TPSA) is 90.3 Å². The van der Waals surface area contributed by atoms with E-state index in [4.69, 9.17) is 4.74 Å². The summed E-state index contributed by atoms with van der Waals surface area (Å²) in [7, 11) is 0. The molecule has 1 aromatic heterocycles. The Morgan fingerprint density at radius 3 is 2.41 bits per heavy atom. The molecule has 1 heterocycles. The highest BCUT2D eigenvalue weighted by Gasteiger charge is 2.20. The van der Waals surface area contributed by atoms with E-state index in [2.05, 4.69) is 10.4 Å². The van der Waals surface area contributed by atoms with Crippen molar-refractivity contribution in [2.24, 2.45) is 0 Å². The Balaban J connectivity index is 1.90. The second-order valence-electron chi connectivity index (χ2n) is 6.78. The Morgan fingerprint density at radius 2 is 1.72 bits per heavy atom. The molecule has 2 aromatic carbocycles. The summed E-state index contributed by atoms with van der Waals surface area (Å²) in [5.41, 5.74) is 0.177. The largest absolute Gasteiger partial charge is 0.451 e. The van der Waals surface area contributed by atoms with E-state index in [0.717, 1.165) is 12.8 Å². The lowest BCUT2D eigenvalue weighted by Crippen LogP contribution is -2.36. The van der Waals surface area contributed by atoms with E-state index in [9.17, 15) is 14.4 Å². The Bertz CT molecular complexity index is 1080. The van der Waals surface area contributed by atoms with Crippen molar-refractivity contribution in [3.05, 3.63) is 70.6 Å². The van der Waals surface area contributed by atoms with Crippen molar-refractivity contribution in [2.75, 3.05) is 6.61 Å². The molecule has 0 aliphatic heterocycles. The molecule has 0 unspecified atom stereocenters. The van der Waals surface area contributed by atoms with Gasteiger partial charge in [0.15, 0.2) is 12.3 Å². The van der Waals surface area contributed by atoms with Gasteiger partial charge in [0.05, 0.1) is 11.1 Å². The van der Waals surface area contributed by atoms with Crippen LogP contribution in [0.3, 0.4) is 0 Å². The minimum Gasteiger partial charge on any atom is -0.451 e. The predicted molar refractivity (Wildman–Crippen MR) is 110 cm³/mol. The van der Waals surface area contributed by atoms with Gasteiger partial charge in [0.2, 0.25) is 0 Å². The number of aromatic nitrogens is 2. The average molecular weight is 393 g/mol. The molecule has 0 aliphatic carbocycles. The second kappa shape index (κ2) is 9.14. The number of amides is 1. The van der Waals surface area contributed by atoms with Crippen LogP contribution in [0.2, 0.25) is 0 Å². The summed E-state index contributed by atoms with van der Waals surface area (Å²) in [5, 5.41) is 7.75. The molecule has 3 rings (SSSR count). The Morgan fingerprint density at radius 1 is 1.07 bits per heavy atom. The van der Waals surface area contributed by atoms with Crippen molar-refractivity contribution in [1.82, 2.24) is 15.1 Å². The molecule has 150 valence electrons. The summed E-state index contributed by atoms with van der Waals surface area (Å²) in [6.07, 6.45) is 1.78. The smallest absolute Gasteiger partial charge is 0.359 e. The highest BCUT2D eigenvalue weighted by Crippen LogP contribution is 2.16. The van der Waals surface area contributed by atoms with Crippen molar-refractivity contribution in [3.8, 4) is 5.69 Å². The number of ether oxygens (including phenoxy) is 1. The number of fused-ring (bicyclic) bond motifs is 1. The number of carbonyl (C=O) groups excluding carboxylic acids is 2. The third-order valence-corrected chi connectivity index (χ3v) is 4.46. The molecule has 0 aliphatic rings. The summed E-state index contributed by atoms with van der Waals surface area (Å²) < 4.78 is 6.35. The van der Waals surface area contributed by atoms with Gasteiger partial charge >= 0.3 is 5.97 Å². The maximum atomic E-state index is 12.8. The minimum absolute atomic E-state index is 0.00476. The van der Waals surface area contributed by atoms with Crippen molar-refractivity contribution < 1.29 is 14.3 Å². The van der Waals surface area contributed by atoms with Gasteiger partial charge in [0.1, 0.15) is 0 Å². The number of nitrogens with one attached hydrogen (secondary N) is 1. The van der Waals surface area contributed by atoms with Gasteiger partial charge < -0.3 is 10.1 Å². The maximum absolute atomic E-state index is 12.8. The molecule has 0 saturated carbocycles. The third-order valence-electron chi connectivity index (χ3n) is 4.46. The van der Waals surface area contributed by atoms with Crippen LogP contribution in [0.25, 0.3) is 16.5 Å². The lowest BCUT2D eigenvalue weighted by molar-refractivity contribution is -0.124. The average Bonchev–Trinajstić information content (AvgIpc) is 2.73. The number of hydrogen-bond acceptors (Lipinski definition) is 5. The van der Waals surface area contributed by atoms with E-state index in [0.29, 0.717) is 16.5 Å². The summed E-state index contributed by atoms with van der Waals surface area (Å²) in [5.74, 6) is -1.14. The molecule has 0 radical (unpaired) electrons. The number of esters is 1. The zero-order valence-corrected chi connectivity index (χ0v) is 16.4. The Hall–Kier alpha value is -3.48. The van der Waals surface area contributed by atoms with Crippen LogP contribution >= 0.6 is 0 Å². The van der Waals surface area contributed by atoms with E-state index in [1.165, 1.54) is 4.68 Å². The first-order chi connectivity index (χ1) is 14.0. The van der Waals surface area contributed by atoms with Gasteiger partial charge in [-0.1, -0.05) is 49.7 Å². The molecule has 0 saturated heterocycles. The quantitative estimate of drug-likeness (QED) is 0.624. The number of nitrogens with zero attached hydrogens (tertiary/aromatic N) is 2. The summed E-state index contributed by atoms with van der Waals surface area (Å²) in [6, 6.07) is 15.5. The minimum atomic E-state index is -0.760. The second-order valence-corrected chi connectivity index (χ2v) is 6.78. The fraction of sp³-hybridized carbons (Fsp3) is 0.273. The van der Waals surface area contributed by atoms with Crippen molar-refractivity contribution in [3.63, 3.8) is 0 Å². The first kappa shape index (κ1) is 20.3. The fourth-order valence-corrected chi connectivity index (χ4v) is 3.11. The third kappa shape index (κ3) is 4.68. The Kier molecular flexibility index (Phi) is 6.39. The number of carbonyl (C=O) groups is 2. The highest BCUT2D eigenvalue weighted by atomic mass is 16.5. The molecule has 29 heavy (non-hydrogen) atoms. The van der Waals surface area contributed by atoms with Crippen LogP contribution in [-0.4, -0.2) is 34.3 Å². The van der Waals surface area contributed by atoms with Crippen LogP contribution in [0.4, 0.5) is 0 Å². The molecule has 1 amide bonds. The first-order valence-electron chi connectivity index (χ1n) is 9.55. The van der Waals surface area contributed by atoms with Crippen LogP contribution in [0, 0.1) is 0 Å². The van der Waals surface area contributed by atoms with Gasteiger partial charge in [-0.15, -0.1) is 0 Å². The van der Waals surface area contributed by atoms with Crippen LogP contribution in [-0.2, 0) is 9.53 Å². The van der Waals surface area contributed by atoms with Gasteiger partial charge in [-0.05, 0) is 31.5 Å². The molecule has 1 N–H and O–H groups in total. The molecule has 0 spiro atoms. The molecule has 1 atom stereocenters. The zero-order chi connectivity index (χ0) is 20.8. The summed E-state index contributed by atoms with van der Waals surface area (Å²) in [6.45, 7) is 3.52. The lowest BCUT2D eigenvalue weighted by atomic mass is 10.1. The zero-order valence-electron chi connectivity index (χ0n) is 16.4. The number of benzene rings is 2.